The van der Waals surface area contributed by atoms with E-state index in [0.717, 1.165) is 12.1 Å². The highest BCUT2D eigenvalue weighted by Crippen LogP contribution is 2.22. The lowest BCUT2D eigenvalue weighted by molar-refractivity contribution is 0.102. The highest BCUT2D eigenvalue weighted by Gasteiger charge is 2.14. The molecule has 0 aliphatic heterocycles. The summed E-state index contributed by atoms with van der Waals surface area (Å²) in [5.74, 6) is -2.87. The molecule has 5 nitrogen and oxygen atoms in total. The third-order valence-corrected chi connectivity index (χ3v) is 3.73. The van der Waals surface area contributed by atoms with Crippen molar-refractivity contribution in [3.8, 4) is 0 Å². The van der Waals surface area contributed by atoms with Crippen LogP contribution < -0.4 is 10.6 Å². The van der Waals surface area contributed by atoms with Gasteiger partial charge in [0.15, 0.2) is 0 Å². The summed E-state index contributed by atoms with van der Waals surface area (Å²) < 4.78 is 39.9. The molecule has 9 heteroatoms. The fourth-order valence-electron chi connectivity index (χ4n) is 2.22. The van der Waals surface area contributed by atoms with Crippen LogP contribution in [0.5, 0.6) is 0 Å². The molecule has 27 heavy (non-hydrogen) atoms. The van der Waals surface area contributed by atoms with E-state index in [-0.39, 0.29) is 22.4 Å². The topological polar surface area (TPSA) is 66.9 Å². The van der Waals surface area contributed by atoms with E-state index in [2.05, 4.69) is 20.6 Å². The molecule has 0 spiro atoms. The second-order valence-electron chi connectivity index (χ2n) is 5.55. The molecule has 0 fully saturated rings. The number of carbonyl (C=O) groups excluding carboxylic acids is 1. The van der Waals surface area contributed by atoms with Gasteiger partial charge in [0.25, 0.3) is 5.91 Å². The van der Waals surface area contributed by atoms with Crippen LogP contribution in [-0.2, 0) is 0 Å². The Morgan fingerprint density at radius 3 is 2.48 bits per heavy atom. The highest BCUT2D eigenvalue weighted by atomic mass is 35.5. The maximum absolute atomic E-state index is 13.7. The van der Waals surface area contributed by atoms with Gasteiger partial charge in [-0.3, -0.25) is 4.79 Å². The standard InChI is InChI=1S/C18H12ClF3N4O/c1-9-6-16(17(27)25-15-5-2-10(20)7-14(15)22)26-18(23-9)24-11-3-4-13(21)12(19)8-11/h2-8H,1H3,(H,25,27)(H,23,24,26). The molecule has 2 N–H and O–H groups in total. The molecule has 2 aromatic carbocycles. The zero-order chi connectivity index (χ0) is 19.6. The second kappa shape index (κ2) is 7.63. The average Bonchev–Trinajstić information content (AvgIpc) is 2.60. The quantitative estimate of drug-likeness (QED) is 0.666. The Balaban J connectivity index is 1.83. The van der Waals surface area contributed by atoms with E-state index in [0.29, 0.717) is 17.4 Å². The first-order valence-electron chi connectivity index (χ1n) is 7.66. The summed E-state index contributed by atoms with van der Waals surface area (Å²) in [6.07, 6.45) is 0. The van der Waals surface area contributed by atoms with Gasteiger partial charge in [-0.05, 0) is 43.3 Å². The van der Waals surface area contributed by atoms with Crippen molar-refractivity contribution in [2.45, 2.75) is 6.92 Å². The largest absolute Gasteiger partial charge is 0.324 e. The van der Waals surface area contributed by atoms with E-state index in [4.69, 9.17) is 11.6 Å². The predicted octanol–water partition coefficient (Wildman–Crippen LogP) is 4.85. The van der Waals surface area contributed by atoms with Gasteiger partial charge in [0.05, 0.1) is 10.7 Å². The summed E-state index contributed by atoms with van der Waals surface area (Å²) in [7, 11) is 0. The number of nitrogens with zero attached hydrogens (tertiary/aromatic N) is 2. The van der Waals surface area contributed by atoms with Crippen molar-refractivity contribution in [2.75, 3.05) is 10.6 Å². The van der Waals surface area contributed by atoms with Crippen LogP contribution in [-0.4, -0.2) is 15.9 Å². The summed E-state index contributed by atoms with van der Waals surface area (Å²) >= 11 is 5.73. The fourth-order valence-corrected chi connectivity index (χ4v) is 2.40. The smallest absolute Gasteiger partial charge is 0.274 e. The maximum Gasteiger partial charge on any atom is 0.274 e. The number of amides is 1. The van der Waals surface area contributed by atoms with Crippen molar-refractivity contribution in [1.29, 1.82) is 0 Å². The van der Waals surface area contributed by atoms with Gasteiger partial charge in [0, 0.05) is 17.4 Å². The number of hydrogen-bond acceptors (Lipinski definition) is 4. The maximum atomic E-state index is 13.7. The zero-order valence-corrected chi connectivity index (χ0v) is 14.6. The molecule has 0 unspecified atom stereocenters. The van der Waals surface area contributed by atoms with Crippen LogP contribution >= 0.6 is 11.6 Å². The second-order valence-corrected chi connectivity index (χ2v) is 5.96. The average molecular weight is 393 g/mol. The number of aryl methyl sites for hydroxylation is 1. The number of benzene rings is 2. The molecule has 0 saturated carbocycles. The third-order valence-electron chi connectivity index (χ3n) is 3.44. The number of nitrogens with one attached hydrogen (secondary N) is 2. The van der Waals surface area contributed by atoms with E-state index in [1.165, 1.54) is 24.3 Å². The van der Waals surface area contributed by atoms with Crippen molar-refractivity contribution in [3.05, 3.63) is 76.3 Å². The summed E-state index contributed by atoms with van der Waals surface area (Å²) in [6.45, 7) is 1.64. The summed E-state index contributed by atoms with van der Waals surface area (Å²) in [4.78, 5) is 20.5. The van der Waals surface area contributed by atoms with Crippen LogP contribution in [0.1, 0.15) is 16.2 Å². The molecule has 0 aliphatic carbocycles. The minimum atomic E-state index is -0.909. The number of carbonyl (C=O) groups is 1. The molecule has 1 aromatic heterocycles. The van der Waals surface area contributed by atoms with Crippen LogP contribution in [0.4, 0.5) is 30.5 Å². The van der Waals surface area contributed by atoms with Gasteiger partial charge in [0.1, 0.15) is 23.1 Å². The minimum absolute atomic E-state index is 0.0399. The summed E-state index contributed by atoms with van der Waals surface area (Å²) in [5, 5.41) is 5.05. The molecule has 0 saturated heterocycles. The molecule has 1 amide bonds. The van der Waals surface area contributed by atoms with Gasteiger partial charge >= 0.3 is 0 Å². The Bertz CT molecular complexity index is 1030. The third kappa shape index (κ3) is 4.53. The Morgan fingerprint density at radius 2 is 1.78 bits per heavy atom. The minimum Gasteiger partial charge on any atom is -0.324 e. The molecule has 1 heterocycles. The monoisotopic (exact) mass is 392 g/mol. The molecular weight excluding hydrogens is 381 g/mol. The number of aromatic nitrogens is 2. The highest BCUT2D eigenvalue weighted by molar-refractivity contribution is 6.31. The molecule has 3 rings (SSSR count). The van der Waals surface area contributed by atoms with Crippen LogP contribution in [0.3, 0.4) is 0 Å². The molecule has 3 aromatic rings. The van der Waals surface area contributed by atoms with Crippen LogP contribution in [0.15, 0.2) is 42.5 Å². The fraction of sp³-hybridized carbons (Fsp3) is 0.0556. The Morgan fingerprint density at radius 1 is 1.00 bits per heavy atom. The number of rotatable bonds is 4. The molecule has 0 aliphatic rings. The molecular formula is C18H12ClF3N4O. The van der Waals surface area contributed by atoms with Gasteiger partial charge in [-0.1, -0.05) is 11.6 Å². The molecule has 138 valence electrons. The van der Waals surface area contributed by atoms with Crippen molar-refractivity contribution in [1.82, 2.24) is 9.97 Å². The van der Waals surface area contributed by atoms with E-state index in [9.17, 15) is 18.0 Å². The lowest BCUT2D eigenvalue weighted by atomic mass is 10.2. The summed E-state index contributed by atoms with van der Waals surface area (Å²) in [6, 6.07) is 8.14. The Labute approximate surface area is 157 Å². The Hall–Kier alpha value is -3.13. The molecule has 0 atom stereocenters. The van der Waals surface area contributed by atoms with Crippen molar-refractivity contribution < 1.29 is 18.0 Å². The van der Waals surface area contributed by atoms with Crippen LogP contribution in [0.25, 0.3) is 0 Å². The first-order chi connectivity index (χ1) is 12.8. The molecule has 0 bridgehead atoms. The van der Waals surface area contributed by atoms with Gasteiger partial charge in [-0.2, -0.15) is 0 Å². The first kappa shape index (κ1) is 18.7. The SMILES string of the molecule is Cc1cc(C(=O)Nc2ccc(F)cc2F)nc(Nc2ccc(F)c(Cl)c2)n1. The predicted molar refractivity (Wildman–Crippen MR) is 95.8 cm³/mol. The van der Waals surface area contributed by atoms with Gasteiger partial charge in [0.2, 0.25) is 5.95 Å². The van der Waals surface area contributed by atoms with Crippen LogP contribution in [0, 0.1) is 24.4 Å². The first-order valence-corrected chi connectivity index (χ1v) is 8.04. The lowest BCUT2D eigenvalue weighted by Crippen LogP contribution is -2.16. The zero-order valence-electron chi connectivity index (χ0n) is 13.9. The van der Waals surface area contributed by atoms with Crippen molar-refractivity contribution in [2.24, 2.45) is 0 Å². The normalized spacial score (nSPS) is 10.6. The molecule has 0 radical (unpaired) electrons. The van der Waals surface area contributed by atoms with E-state index in [1.54, 1.807) is 6.92 Å². The Kier molecular flexibility index (Phi) is 5.27. The van der Waals surface area contributed by atoms with Crippen molar-refractivity contribution >= 4 is 34.8 Å². The van der Waals surface area contributed by atoms with Crippen molar-refractivity contribution in [3.63, 3.8) is 0 Å². The van der Waals surface area contributed by atoms with Crippen LogP contribution in [0.2, 0.25) is 5.02 Å². The van der Waals surface area contributed by atoms with E-state index in [1.807, 2.05) is 0 Å². The lowest BCUT2D eigenvalue weighted by Gasteiger charge is -2.10. The van der Waals surface area contributed by atoms with Gasteiger partial charge < -0.3 is 10.6 Å². The van der Waals surface area contributed by atoms with Gasteiger partial charge in [-0.25, -0.2) is 23.1 Å². The number of halogens is 4. The summed E-state index contributed by atoms with van der Waals surface area (Å²) in [5.41, 5.74) is 0.660. The number of hydrogen-bond donors (Lipinski definition) is 2. The van der Waals surface area contributed by atoms with E-state index < -0.39 is 23.4 Å². The van der Waals surface area contributed by atoms with E-state index >= 15 is 0 Å². The van der Waals surface area contributed by atoms with Gasteiger partial charge in [-0.15, -0.1) is 0 Å². The number of anilines is 3.